The SMILES string of the molecule is C1=CNSC=C1.O.O=[PH](O)O.[KH]. The third-order valence-corrected chi connectivity index (χ3v) is 1.06. The van der Waals surface area contributed by atoms with Gasteiger partial charge in [0.25, 0.3) is 0 Å². The summed E-state index contributed by atoms with van der Waals surface area (Å²) < 4.78 is 11.7. The van der Waals surface area contributed by atoms with Crippen LogP contribution in [0.3, 0.4) is 0 Å². The first-order valence-electron chi connectivity index (χ1n) is 2.38. The molecule has 68 valence electrons. The van der Waals surface area contributed by atoms with Gasteiger partial charge in [-0.15, -0.1) is 0 Å². The van der Waals surface area contributed by atoms with E-state index in [1.54, 1.807) is 11.9 Å². The molecule has 5 nitrogen and oxygen atoms in total. The molecule has 1 aliphatic rings. The molecule has 0 bridgehead atoms. The minimum atomic E-state index is -3.13. The van der Waals surface area contributed by atoms with E-state index in [-0.39, 0.29) is 56.9 Å². The molecule has 1 heterocycles. The van der Waals surface area contributed by atoms with Gasteiger partial charge in [-0.05, 0) is 23.4 Å². The molecule has 0 saturated carbocycles. The fourth-order valence-electron chi connectivity index (χ4n) is 0.258. The molecule has 0 spiro atoms. The zero-order chi connectivity index (χ0) is 7.82. The predicted octanol–water partition coefficient (Wildman–Crippen LogP) is -0.847. The van der Waals surface area contributed by atoms with Crippen molar-refractivity contribution in [3.8, 4) is 0 Å². The van der Waals surface area contributed by atoms with E-state index in [1.165, 1.54) is 0 Å². The predicted molar refractivity (Wildman–Crippen MR) is 53.2 cm³/mol. The molecular formula is C4H11KNO4PS. The average molecular weight is 239 g/mol. The average Bonchev–Trinajstić information content (AvgIpc) is 1.90. The van der Waals surface area contributed by atoms with Crippen LogP contribution in [0.15, 0.2) is 23.8 Å². The van der Waals surface area contributed by atoms with E-state index >= 15 is 0 Å². The van der Waals surface area contributed by atoms with Gasteiger partial charge in [-0.25, -0.2) is 0 Å². The number of allylic oxidation sites excluding steroid dienone is 2. The summed E-state index contributed by atoms with van der Waals surface area (Å²) >= 11 is 1.58. The zero-order valence-electron chi connectivity index (χ0n) is 5.52. The summed E-state index contributed by atoms with van der Waals surface area (Å²) in [6.07, 6.45) is 5.84. The molecule has 8 heteroatoms. The van der Waals surface area contributed by atoms with Gasteiger partial charge in [0.1, 0.15) is 0 Å². The van der Waals surface area contributed by atoms with Crippen molar-refractivity contribution in [1.29, 1.82) is 0 Å². The standard InChI is InChI=1S/C4H5NS.K.H3O3P.H2O.H/c1-2-4-6-5-3-1;;1-4(2)3;;/h1-5H;;4H,(H2,1,2,3);1H2;. The Hall–Kier alpha value is 1.38. The molecule has 0 aromatic heterocycles. The molecule has 0 saturated heterocycles. The van der Waals surface area contributed by atoms with Crippen LogP contribution < -0.4 is 4.72 Å². The Balaban J connectivity index is -0.000000124. The minimum absolute atomic E-state index is 0. The number of rotatable bonds is 0. The maximum atomic E-state index is 8.74. The van der Waals surface area contributed by atoms with Gasteiger partial charge in [0, 0.05) is 6.20 Å². The third kappa shape index (κ3) is 22.5. The number of hydrogen-bond acceptors (Lipinski definition) is 3. The normalized spacial score (nSPS) is 11.6. The Labute approximate surface area is 118 Å². The summed E-state index contributed by atoms with van der Waals surface area (Å²) in [5.74, 6) is 0. The van der Waals surface area contributed by atoms with Crippen molar-refractivity contribution in [3.05, 3.63) is 23.8 Å². The van der Waals surface area contributed by atoms with Crippen molar-refractivity contribution < 1.29 is 19.8 Å². The van der Waals surface area contributed by atoms with Crippen molar-refractivity contribution in [3.63, 3.8) is 0 Å². The Morgan fingerprint density at radius 1 is 1.33 bits per heavy atom. The van der Waals surface area contributed by atoms with Crippen molar-refractivity contribution in [2.24, 2.45) is 0 Å². The van der Waals surface area contributed by atoms with Crippen molar-refractivity contribution in [2.75, 3.05) is 0 Å². The fourth-order valence-corrected chi connectivity index (χ4v) is 0.663. The zero-order valence-corrected chi connectivity index (χ0v) is 7.34. The Morgan fingerprint density at radius 2 is 1.83 bits per heavy atom. The molecule has 0 atom stereocenters. The molecule has 0 aliphatic carbocycles. The number of hydrogen-bond donors (Lipinski definition) is 3. The summed E-state index contributed by atoms with van der Waals surface area (Å²) in [6, 6.07) is 0. The van der Waals surface area contributed by atoms with Crippen LogP contribution in [0.4, 0.5) is 0 Å². The number of nitrogens with one attached hydrogen (secondary N) is 1. The molecule has 12 heavy (non-hydrogen) atoms. The summed E-state index contributed by atoms with van der Waals surface area (Å²) in [4.78, 5) is 14.3. The molecule has 0 amide bonds. The van der Waals surface area contributed by atoms with Crippen LogP contribution in [0.25, 0.3) is 0 Å². The van der Waals surface area contributed by atoms with Crippen molar-refractivity contribution >= 4 is 71.6 Å². The van der Waals surface area contributed by atoms with Crippen molar-refractivity contribution in [1.82, 2.24) is 4.72 Å². The van der Waals surface area contributed by atoms with Crippen molar-refractivity contribution in [2.45, 2.75) is 0 Å². The van der Waals surface area contributed by atoms with Crippen LogP contribution >= 0.6 is 20.2 Å². The molecule has 5 N–H and O–H groups in total. The molecule has 1 rings (SSSR count). The second kappa shape index (κ2) is 14.9. The first-order valence-corrected chi connectivity index (χ1v) is 4.56. The van der Waals surface area contributed by atoms with E-state index in [0.29, 0.717) is 0 Å². The first-order chi connectivity index (χ1) is 4.73. The van der Waals surface area contributed by atoms with E-state index in [2.05, 4.69) is 4.72 Å². The Kier molecular flexibility index (Phi) is 23.6. The second-order valence-corrected chi connectivity index (χ2v) is 2.51. The molecule has 0 aromatic rings. The first kappa shape index (κ1) is 19.0. The van der Waals surface area contributed by atoms with Gasteiger partial charge in [-0.1, -0.05) is 6.08 Å². The van der Waals surface area contributed by atoms with Gasteiger partial charge < -0.3 is 20.0 Å². The van der Waals surface area contributed by atoms with Gasteiger partial charge in [-0.2, -0.15) is 0 Å². The van der Waals surface area contributed by atoms with E-state index < -0.39 is 8.25 Å². The molecule has 0 radical (unpaired) electrons. The summed E-state index contributed by atoms with van der Waals surface area (Å²) in [6.45, 7) is 0. The van der Waals surface area contributed by atoms with Gasteiger partial charge >= 0.3 is 59.6 Å². The van der Waals surface area contributed by atoms with E-state index in [1.807, 2.05) is 23.8 Å². The Morgan fingerprint density at radius 3 is 1.92 bits per heavy atom. The third-order valence-electron chi connectivity index (χ3n) is 0.490. The summed E-state index contributed by atoms with van der Waals surface area (Å²) in [5, 5.41) is 1.99. The molecule has 0 aromatic carbocycles. The van der Waals surface area contributed by atoms with E-state index in [4.69, 9.17) is 14.4 Å². The fraction of sp³-hybridized carbons (Fsp3) is 0. The van der Waals surface area contributed by atoms with Gasteiger partial charge in [0.05, 0.1) is 0 Å². The maximum absolute atomic E-state index is 8.74. The van der Waals surface area contributed by atoms with Crippen LogP contribution in [0.2, 0.25) is 0 Å². The van der Waals surface area contributed by atoms with Gasteiger partial charge in [0.15, 0.2) is 0 Å². The quantitative estimate of drug-likeness (QED) is 0.290. The van der Waals surface area contributed by atoms with Crippen LogP contribution in [0, 0.1) is 0 Å². The topological polar surface area (TPSA) is 101 Å². The molecule has 1 aliphatic heterocycles. The van der Waals surface area contributed by atoms with Gasteiger partial charge in [0.2, 0.25) is 0 Å². The molecular weight excluding hydrogens is 228 g/mol. The van der Waals surface area contributed by atoms with Crippen LogP contribution in [0.5, 0.6) is 0 Å². The Bertz CT molecular complexity index is 149. The summed E-state index contributed by atoms with van der Waals surface area (Å²) in [5.41, 5.74) is 0. The van der Waals surface area contributed by atoms with Crippen LogP contribution in [-0.2, 0) is 4.57 Å². The second-order valence-electron chi connectivity index (χ2n) is 1.21. The summed E-state index contributed by atoms with van der Waals surface area (Å²) in [7, 11) is -3.13. The van der Waals surface area contributed by atoms with Crippen LogP contribution in [0.1, 0.15) is 0 Å². The molecule has 0 fully saturated rings. The van der Waals surface area contributed by atoms with E-state index in [9.17, 15) is 0 Å². The molecule has 0 unspecified atom stereocenters. The van der Waals surface area contributed by atoms with E-state index in [0.717, 1.165) is 0 Å². The van der Waals surface area contributed by atoms with Crippen LogP contribution in [-0.4, -0.2) is 66.6 Å². The van der Waals surface area contributed by atoms with Gasteiger partial charge in [-0.3, -0.25) is 4.57 Å². The monoisotopic (exact) mass is 239 g/mol.